The molecule has 0 saturated heterocycles. The fourth-order valence-electron chi connectivity index (χ4n) is 3.04. The summed E-state index contributed by atoms with van der Waals surface area (Å²) in [5, 5.41) is 8.14. The fraction of sp³-hybridized carbons (Fsp3) is 0.824. The molecule has 1 heterocycles. The highest BCUT2D eigenvalue weighted by Crippen LogP contribution is 2.28. The van der Waals surface area contributed by atoms with E-state index in [1.54, 1.807) is 0 Å². The van der Waals surface area contributed by atoms with Crippen molar-refractivity contribution in [3.8, 4) is 0 Å². The number of hydrogen-bond acceptors (Lipinski definition) is 3. The molecule has 0 unspecified atom stereocenters. The maximum Gasteiger partial charge on any atom is 0.131 e. The molecule has 1 aromatic heterocycles. The molecule has 0 atom stereocenters. The van der Waals surface area contributed by atoms with E-state index in [2.05, 4.69) is 68.6 Å². The molecule has 4 nitrogen and oxygen atoms in total. The summed E-state index contributed by atoms with van der Waals surface area (Å²) in [7, 11) is 2.08. The second-order valence-electron chi connectivity index (χ2n) is 6.31. The molecule has 0 aliphatic rings. The van der Waals surface area contributed by atoms with E-state index in [0.29, 0.717) is 12.0 Å². The lowest BCUT2D eigenvalue weighted by Crippen LogP contribution is -2.39. The van der Waals surface area contributed by atoms with Gasteiger partial charge in [-0.2, -0.15) is 5.10 Å². The van der Waals surface area contributed by atoms with E-state index in [-0.39, 0.29) is 0 Å². The number of rotatable bonds is 9. The minimum absolute atomic E-state index is 0.586. The normalized spacial score (nSPS) is 11.7. The maximum atomic E-state index is 4.68. The van der Waals surface area contributed by atoms with Crippen LogP contribution < -0.4 is 10.2 Å². The zero-order valence-corrected chi connectivity index (χ0v) is 15.0. The smallest absolute Gasteiger partial charge is 0.131 e. The Labute approximate surface area is 130 Å². The van der Waals surface area contributed by atoms with Gasteiger partial charge in [-0.15, -0.1) is 0 Å². The Balaban J connectivity index is 3.21. The van der Waals surface area contributed by atoms with E-state index in [4.69, 9.17) is 0 Å². The summed E-state index contributed by atoms with van der Waals surface area (Å²) in [6.45, 7) is 16.4. The van der Waals surface area contributed by atoms with Gasteiger partial charge in [0.2, 0.25) is 0 Å². The third kappa shape index (κ3) is 4.47. The summed E-state index contributed by atoms with van der Waals surface area (Å²) >= 11 is 0. The predicted molar refractivity (Wildman–Crippen MR) is 91.9 cm³/mol. The quantitative estimate of drug-likeness (QED) is 0.757. The summed E-state index contributed by atoms with van der Waals surface area (Å²) in [5.74, 6) is 1.95. The van der Waals surface area contributed by atoms with Crippen LogP contribution >= 0.6 is 0 Å². The minimum Gasteiger partial charge on any atom is -0.353 e. The Bertz CT molecular complexity index is 419. The Kier molecular flexibility index (Phi) is 7.23. The summed E-state index contributed by atoms with van der Waals surface area (Å²) in [4.78, 5) is 2.58. The van der Waals surface area contributed by atoms with Crippen LogP contribution in [0.3, 0.4) is 0 Å². The number of aromatic nitrogens is 2. The first-order chi connectivity index (χ1) is 9.96. The van der Waals surface area contributed by atoms with Crippen LogP contribution in [0.2, 0.25) is 0 Å². The second kappa shape index (κ2) is 8.42. The van der Waals surface area contributed by atoms with E-state index in [9.17, 15) is 0 Å². The SMILES string of the molecule is CCNCc1c(C)nn(C)c1N(CC(C)C)C(CC)CC. The van der Waals surface area contributed by atoms with E-state index in [0.717, 1.165) is 25.3 Å². The van der Waals surface area contributed by atoms with E-state index < -0.39 is 0 Å². The van der Waals surface area contributed by atoms with Crippen LogP contribution in [0.4, 0.5) is 5.82 Å². The molecule has 0 fully saturated rings. The van der Waals surface area contributed by atoms with Gasteiger partial charge in [-0.1, -0.05) is 34.6 Å². The highest BCUT2D eigenvalue weighted by Gasteiger charge is 2.24. The lowest BCUT2D eigenvalue weighted by atomic mass is 10.1. The van der Waals surface area contributed by atoms with Gasteiger partial charge in [-0.25, -0.2) is 0 Å². The van der Waals surface area contributed by atoms with Crippen LogP contribution in [0.5, 0.6) is 0 Å². The summed E-state index contributed by atoms with van der Waals surface area (Å²) < 4.78 is 2.07. The predicted octanol–water partition coefficient (Wildman–Crippen LogP) is 3.49. The summed E-state index contributed by atoms with van der Waals surface area (Å²) in [6.07, 6.45) is 2.35. The van der Waals surface area contributed by atoms with Gasteiger partial charge >= 0.3 is 0 Å². The van der Waals surface area contributed by atoms with Crippen LogP contribution in [0.15, 0.2) is 0 Å². The van der Waals surface area contributed by atoms with Crippen LogP contribution in [0.1, 0.15) is 58.7 Å². The second-order valence-corrected chi connectivity index (χ2v) is 6.31. The Morgan fingerprint density at radius 3 is 2.29 bits per heavy atom. The number of aryl methyl sites for hydroxylation is 2. The molecule has 122 valence electrons. The van der Waals surface area contributed by atoms with Crippen molar-refractivity contribution in [2.75, 3.05) is 18.0 Å². The zero-order chi connectivity index (χ0) is 16.0. The zero-order valence-electron chi connectivity index (χ0n) is 15.0. The number of nitrogens with zero attached hydrogens (tertiary/aromatic N) is 3. The van der Waals surface area contributed by atoms with Crippen LogP contribution in [-0.2, 0) is 13.6 Å². The molecule has 0 bridgehead atoms. The van der Waals surface area contributed by atoms with Crippen molar-refractivity contribution < 1.29 is 0 Å². The van der Waals surface area contributed by atoms with E-state index in [1.165, 1.54) is 24.2 Å². The largest absolute Gasteiger partial charge is 0.353 e. The van der Waals surface area contributed by atoms with Crippen molar-refractivity contribution in [1.82, 2.24) is 15.1 Å². The minimum atomic E-state index is 0.586. The van der Waals surface area contributed by atoms with E-state index >= 15 is 0 Å². The third-order valence-corrected chi connectivity index (χ3v) is 4.08. The van der Waals surface area contributed by atoms with Crippen LogP contribution in [-0.4, -0.2) is 28.9 Å². The van der Waals surface area contributed by atoms with Gasteiger partial charge < -0.3 is 10.2 Å². The Hall–Kier alpha value is -1.03. The molecule has 0 aromatic carbocycles. The Morgan fingerprint density at radius 1 is 1.19 bits per heavy atom. The molecule has 0 amide bonds. The molecule has 4 heteroatoms. The lowest BCUT2D eigenvalue weighted by molar-refractivity contribution is 0.492. The van der Waals surface area contributed by atoms with Gasteiger partial charge in [0.15, 0.2) is 0 Å². The highest BCUT2D eigenvalue weighted by atomic mass is 15.4. The van der Waals surface area contributed by atoms with Gasteiger partial charge in [0.25, 0.3) is 0 Å². The van der Waals surface area contributed by atoms with Crippen LogP contribution in [0, 0.1) is 12.8 Å². The van der Waals surface area contributed by atoms with Gasteiger partial charge in [0.05, 0.1) is 5.69 Å². The first-order valence-electron chi connectivity index (χ1n) is 8.45. The fourth-order valence-corrected chi connectivity index (χ4v) is 3.04. The van der Waals surface area contributed by atoms with E-state index in [1.807, 2.05) is 0 Å². The number of nitrogens with one attached hydrogen (secondary N) is 1. The average molecular weight is 294 g/mol. The third-order valence-electron chi connectivity index (χ3n) is 4.08. The van der Waals surface area contributed by atoms with Crippen molar-refractivity contribution in [2.45, 2.75) is 67.0 Å². The molecule has 21 heavy (non-hydrogen) atoms. The highest BCUT2D eigenvalue weighted by molar-refractivity contribution is 5.51. The maximum absolute atomic E-state index is 4.68. The van der Waals surface area contributed by atoms with Crippen LogP contribution in [0.25, 0.3) is 0 Å². The van der Waals surface area contributed by atoms with Crippen molar-refractivity contribution in [1.29, 1.82) is 0 Å². The Morgan fingerprint density at radius 2 is 1.81 bits per heavy atom. The molecule has 1 rings (SSSR count). The standard InChI is InChI=1S/C17H34N4/c1-8-15(9-2)21(12-13(4)5)17-16(11-18-10-3)14(6)19-20(17)7/h13,15,18H,8-12H2,1-7H3. The van der Waals surface area contributed by atoms with Crippen molar-refractivity contribution in [3.05, 3.63) is 11.3 Å². The van der Waals surface area contributed by atoms with Crippen molar-refractivity contribution >= 4 is 5.82 Å². The van der Waals surface area contributed by atoms with Crippen molar-refractivity contribution in [2.24, 2.45) is 13.0 Å². The molecule has 0 saturated carbocycles. The summed E-state index contributed by atoms with van der Waals surface area (Å²) in [6, 6.07) is 0.586. The van der Waals surface area contributed by atoms with Gasteiger partial charge in [0, 0.05) is 31.7 Å². The molecular formula is C17H34N4. The number of hydrogen-bond donors (Lipinski definition) is 1. The topological polar surface area (TPSA) is 33.1 Å². The monoisotopic (exact) mass is 294 g/mol. The molecule has 0 aliphatic carbocycles. The number of anilines is 1. The van der Waals surface area contributed by atoms with Gasteiger partial charge in [-0.05, 0) is 32.2 Å². The molecule has 0 radical (unpaired) electrons. The molecule has 1 aromatic rings. The summed E-state index contributed by atoms with van der Waals surface area (Å²) in [5.41, 5.74) is 2.50. The van der Waals surface area contributed by atoms with Crippen molar-refractivity contribution in [3.63, 3.8) is 0 Å². The first-order valence-corrected chi connectivity index (χ1v) is 8.45. The van der Waals surface area contributed by atoms with Gasteiger partial charge in [0.1, 0.15) is 5.82 Å². The molecule has 1 N–H and O–H groups in total. The molecule has 0 spiro atoms. The molecular weight excluding hydrogens is 260 g/mol. The van der Waals surface area contributed by atoms with Gasteiger partial charge in [-0.3, -0.25) is 4.68 Å². The molecule has 0 aliphatic heterocycles. The first kappa shape index (κ1) is 18.0. The average Bonchev–Trinajstić information content (AvgIpc) is 2.70. The lowest BCUT2D eigenvalue weighted by Gasteiger charge is -2.34.